The van der Waals surface area contributed by atoms with Crippen molar-refractivity contribution >= 4 is 17.8 Å². The van der Waals surface area contributed by atoms with Gasteiger partial charge in [0.05, 0.1) is 23.1 Å². The molecule has 6 heteroatoms. The fourth-order valence-electron chi connectivity index (χ4n) is 2.70. The van der Waals surface area contributed by atoms with Gasteiger partial charge < -0.3 is 9.57 Å². The highest BCUT2D eigenvalue weighted by Crippen LogP contribution is 2.27. The summed E-state index contributed by atoms with van der Waals surface area (Å²) in [6.07, 6.45) is 2.36. The number of fused-ring (bicyclic) bond motifs is 1. The summed E-state index contributed by atoms with van der Waals surface area (Å²) < 4.78 is 5.43. The third-order valence-electron chi connectivity index (χ3n) is 3.84. The van der Waals surface area contributed by atoms with Crippen LogP contribution in [0, 0.1) is 5.92 Å². The molecule has 0 bridgehead atoms. The minimum Gasteiger partial charge on any atom is -0.373 e. The summed E-state index contributed by atoms with van der Waals surface area (Å²) in [7, 11) is 0. The fourth-order valence-corrected chi connectivity index (χ4v) is 2.70. The topological polar surface area (TPSA) is 72.9 Å². The van der Waals surface area contributed by atoms with E-state index in [1.54, 1.807) is 12.1 Å². The summed E-state index contributed by atoms with van der Waals surface area (Å²) in [4.78, 5) is 41.6. The van der Waals surface area contributed by atoms with Crippen molar-refractivity contribution in [1.29, 1.82) is 0 Å². The van der Waals surface area contributed by atoms with E-state index in [0.29, 0.717) is 24.5 Å². The largest absolute Gasteiger partial charge is 0.373 e. The third-order valence-corrected chi connectivity index (χ3v) is 3.84. The van der Waals surface area contributed by atoms with E-state index in [1.807, 2.05) is 0 Å². The zero-order valence-electron chi connectivity index (χ0n) is 11.9. The first-order valence-corrected chi connectivity index (χ1v) is 7.07. The van der Waals surface area contributed by atoms with Gasteiger partial charge in [-0.25, -0.2) is 4.79 Å². The first-order valence-electron chi connectivity index (χ1n) is 7.07. The molecule has 0 aromatic heterocycles. The molecule has 2 aliphatic heterocycles. The van der Waals surface area contributed by atoms with Gasteiger partial charge >= 0.3 is 5.97 Å². The maximum absolute atomic E-state index is 12.3. The number of rotatable bonds is 3. The highest BCUT2D eigenvalue weighted by atomic mass is 16.7. The molecule has 0 aliphatic carbocycles. The Labute approximate surface area is 127 Å². The SMILES string of the molecule is C=C[C@@H]1OCCC[C@H]1C(=O)ON1C(=O)c2ccccc2C1=O. The van der Waals surface area contributed by atoms with Gasteiger partial charge in [-0.1, -0.05) is 23.3 Å². The van der Waals surface area contributed by atoms with Crippen molar-refractivity contribution in [2.45, 2.75) is 18.9 Å². The molecule has 0 unspecified atom stereocenters. The molecule has 1 aromatic carbocycles. The maximum atomic E-state index is 12.3. The quantitative estimate of drug-likeness (QED) is 0.628. The molecule has 2 heterocycles. The molecule has 0 N–H and O–H groups in total. The molecule has 2 aliphatic rings. The summed E-state index contributed by atoms with van der Waals surface area (Å²) in [5, 5.41) is 0.530. The standard InChI is InChI=1S/C16H15NO5/c1-2-13-12(8-5-9-21-13)16(20)22-17-14(18)10-6-3-4-7-11(10)15(17)19/h2-4,6-7,12-13H,1,5,8-9H2/t12-,13+/m1/s1. The molecule has 1 aromatic rings. The molecule has 114 valence electrons. The Morgan fingerprint density at radius 3 is 2.50 bits per heavy atom. The molecule has 3 rings (SSSR count). The van der Waals surface area contributed by atoms with E-state index in [-0.39, 0.29) is 11.1 Å². The number of carbonyl (C=O) groups excluding carboxylic acids is 3. The summed E-state index contributed by atoms with van der Waals surface area (Å²) in [6, 6.07) is 6.36. The average molecular weight is 301 g/mol. The van der Waals surface area contributed by atoms with Crippen LogP contribution < -0.4 is 0 Å². The molecule has 0 saturated carbocycles. The van der Waals surface area contributed by atoms with Gasteiger partial charge in [0, 0.05) is 6.61 Å². The van der Waals surface area contributed by atoms with E-state index in [0.717, 1.165) is 0 Å². The monoisotopic (exact) mass is 301 g/mol. The number of carbonyl (C=O) groups is 3. The molecule has 1 saturated heterocycles. The molecule has 2 amide bonds. The summed E-state index contributed by atoms with van der Waals surface area (Å²) in [6.45, 7) is 4.18. The van der Waals surface area contributed by atoms with Gasteiger partial charge in [0.2, 0.25) is 0 Å². The summed E-state index contributed by atoms with van der Waals surface area (Å²) in [5.74, 6) is -2.46. The Morgan fingerprint density at radius 2 is 1.91 bits per heavy atom. The van der Waals surface area contributed by atoms with E-state index < -0.39 is 29.8 Å². The van der Waals surface area contributed by atoms with Crippen LogP contribution in [0.25, 0.3) is 0 Å². The van der Waals surface area contributed by atoms with Crippen LogP contribution >= 0.6 is 0 Å². The molecule has 6 nitrogen and oxygen atoms in total. The lowest BCUT2D eigenvalue weighted by Gasteiger charge is -2.28. The first kappa shape index (κ1) is 14.5. The van der Waals surface area contributed by atoms with Gasteiger partial charge in [0.15, 0.2) is 0 Å². The number of hydrogen-bond acceptors (Lipinski definition) is 5. The second-order valence-electron chi connectivity index (χ2n) is 5.18. The normalized spacial score (nSPS) is 24.1. The molecule has 22 heavy (non-hydrogen) atoms. The third kappa shape index (κ3) is 2.31. The zero-order valence-corrected chi connectivity index (χ0v) is 11.9. The molecule has 0 radical (unpaired) electrons. The van der Waals surface area contributed by atoms with Gasteiger partial charge in [-0.3, -0.25) is 9.59 Å². The lowest BCUT2D eigenvalue weighted by Crippen LogP contribution is -2.40. The van der Waals surface area contributed by atoms with Crippen LogP contribution in [0.5, 0.6) is 0 Å². The van der Waals surface area contributed by atoms with Crippen molar-refractivity contribution < 1.29 is 24.0 Å². The molecule has 1 fully saturated rings. The van der Waals surface area contributed by atoms with E-state index >= 15 is 0 Å². The van der Waals surface area contributed by atoms with Crippen molar-refractivity contribution in [3.8, 4) is 0 Å². The Bertz CT molecular complexity index is 619. The second kappa shape index (κ2) is 5.73. The van der Waals surface area contributed by atoms with Crippen molar-refractivity contribution in [3.63, 3.8) is 0 Å². The van der Waals surface area contributed by atoms with Crippen LogP contribution in [0.1, 0.15) is 33.6 Å². The summed E-state index contributed by atoms with van der Waals surface area (Å²) in [5.41, 5.74) is 0.473. The minimum absolute atomic E-state index is 0.237. The van der Waals surface area contributed by atoms with Gasteiger partial charge in [-0.15, -0.1) is 6.58 Å². The smallest absolute Gasteiger partial charge is 0.339 e. The van der Waals surface area contributed by atoms with Crippen LogP contribution in [-0.2, 0) is 14.4 Å². The van der Waals surface area contributed by atoms with Crippen molar-refractivity contribution in [3.05, 3.63) is 48.0 Å². The van der Waals surface area contributed by atoms with Crippen LogP contribution in [0.3, 0.4) is 0 Å². The molecular formula is C16H15NO5. The van der Waals surface area contributed by atoms with Crippen LogP contribution in [-0.4, -0.2) is 35.6 Å². The fraction of sp³-hybridized carbons (Fsp3) is 0.312. The van der Waals surface area contributed by atoms with Crippen molar-refractivity contribution in [2.24, 2.45) is 5.92 Å². The molecule has 2 atom stereocenters. The van der Waals surface area contributed by atoms with E-state index in [1.165, 1.54) is 18.2 Å². The number of hydrogen-bond donors (Lipinski definition) is 0. The van der Waals surface area contributed by atoms with Crippen LogP contribution in [0.4, 0.5) is 0 Å². The Balaban J connectivity index is 1.76. The van der Waals surface area contributed by atoms with Crippen LogP contribution in [0.15, 0.2) is 36.9 Å². The van der Waals surface area contributed by atoms with Gasteiger partial charge in [0.25, 0.3) is 11.8 Å². The zero-order chi connectivity index (χ0) is 15.7. The molecular weight excluding hydrogens is 286 g/mol. The average Bonchev–Trinajstić information content (AvgIpc) is 2.80. The number of benzene rings is 1. The minimum atomic E-state index is -0.654. The predicted octanol–water partition coefficient (Wildman–Crippen LogP) is 1.72. The van der Waals surface area contributed by atoms with Crippen molar-refractivity contribution in [2.75, 3.05) is 6.61 Å². The van der Waals surface area contributed by atoms with Gasteiger partial charge in [-0.05, 0) is 25.0 Å². The number of ether oxygens (including phenoxy) is 1. The summed E-state index contributed by atoms with van der Waals surface area (Å²) >= 11 is 0. The lowest BCUT2D eigenvalue weighted by atomic mass is 9.94. The van der Waals surface area contributed by atoms with E-state index in [9.17, 15) is 14.4 Å². The Hall–Kier alpha value is -2.47. The number of hydroxylamine groups is 2. The van der Waals surface area contributed by atoms with E-state index in [2.05, 4.69) is 6.58 Å². The number of imide groups is 1. The van der Waals surface area contributed by atoms with Crippen LogP contribution in [0.2, 0.25) is 0 Å². The molecule has 0 spiro atoms. The highest BCUT2D eigenvalue weighted by Gasteiger charge is 2.41. The Morgan fingerprint density at radius 1 is 1.27 bits per heavy atom. The van der Waals surface area contributed by atoms with Gasteiger partial charge in [0.1, 0.15) is 0 Å². The second-order valence-corrected chi connectivity index (χ2v) is 5.18. The van der Waals surface area contributed by atoms with E-state index in [4.69, 9.17) is 9.57 Å². The highest BCUT2D eigenvalue weighted by molar-refractivity contribution is 6.20. The predicted molar refractivity (Wildman–Crippen MR) is 75.7 cm³/mol. The first-order chi connectivity index (χ1) is 10.6. The van der Waals surface area contributed by atoms with Crippen molar-refractivity contribution in [1.82, 2.24) is 5.06 Å². The Kier molecular flexibility index (Phi) is 3.77. The number of nitrogens with zero attached hydrogens (tertiary/aromatic N) is 1. The maximum Gasteiger partial charge on any atom is 0.339 e. The van der Waals surface area contributed by atoms with Gasteiger partial charge in [-0.2, -0.15) is 0 Å². The number of amides is 2. The lowest BCUT2D eigenvalue weighted by molar-refractivity contribution is -0.180.